The van der Waals surface area contributed by atoms with E-state index in [1.165, 1.54) is 6.07 Å². The van der Waals surface area contributed by atoms with E-state index in [-0.39, 0.29) is 12.2 Å². The van der Waals surface area contributed by atoms with Gasteiger partial charge in [-0.3, -0.25) is 0 Å². The molecule has 0 bridgehead atoms. The van der Waals surface area contributed by atoms with E-state index in [0.29, 0.717) is 5.56 Å². The first kappa shape index (κ1) is 14.3. The Labute approximate surface area is 109 Å². The second kappa shape index (κ2) is 5.49. The number of hydrogen-bond acceptors (Lipinski definition) is 1. The fourth-order valence-electron chi connectivity index (χ4n) is 2.45. The van der Waals surface area contributed by atoms with Crippen molar-refractivity contribution in [1.82, 2.24) is 0 Å². The molecule has 2 unspecified atom stereocenters. The molecule has 0 amide bonds. The minimum Gasteiger partial charge on any atom is -0.370 e. The van der Waals surface area contributed by atoms with Crippen molar-refractivity contribution in [2.75, 3.05) is 0 Å². The van der Waals surface area contributed by atoms with Crippen molar-refractivity contribution in [2.45, 2.75) is 51.0 Å². The van der Waals surface area contributed by atoms with Gasteiger partial charge in [0.25, 0.3) is 0 Å². The standard InChI is InChI=1S/C14H16F4O/c1-2-3-10-5-7-13(19-10)9-4-6-11(12(15)8-9)14(16,17)18/h4,6,8,10,13H,2-3,5,7H2,1H3. The van der Waals surface area contributed by atoms with E-state index in [2.05, 4.69) is 6.92 Å². The predicted molar refractivity (Wildman–Crippen MR) is 63.2 cm³/mol. The zero-order chi connectivity index (χ0) is 14.0. The van der Waals surface area contributed by atoms with E-state index in [1.54, 1.807) is 0 Å². The molecule has 2 rings (SSSR count). The Balaban J connectivity index is 2.13. The molecule has 1 aliphatic heterocycles. The zero-order valence-corrected chi connectivity index (χ0v) is 10.6. The summed E-state index contributed by atoms with van der Waals surface area (Å²) in [6.07, 6.45) is -1.26. The summed E-state index contributed by atoms with van der Waals surface area (Å²) in [7, 11) is 0. The maximum atomic E-state index is 13.5. The van der Waals surface area contributed by atoms with E-state index in [0.717, 1.165) is 37.8 Å². The maximum Gasteiger partial charge on any atom is 0.419 e. The molecule has 0 aromatic heterocycles. The Hall–Kier alpha value is -1.10. The predicted octanol–water partition coefficient (Wildman–Crippen LogP) is 4.86. The second-order valence-electron chi connectivity index (χ2n) is 4.85. The zero-order valence-electron chi connectivity index (χ0n) is 10.6. The lowest BCUT2D eigenvalue weighted by atomic mass is 10.0. The van der Waals surface area contributed by atoms with Crippen LogP contribution in [0.25, 0.3) is 0 Å². The number of rotatable bonds is 3. The first-order valence-electron chi connectivity index (χ1n) is 6.44. The second-order valence-corrected chi connectivity index (χ2v) is 4.85. The van der Waals surface area contributed by atoms with E-state index in [4.69, 9.17) is 4.74 Å². The molecule has 0 aliphatic carbocycles. The van der Waals surface area contributed by atoms with E-state index in [1.807, 2.05) is 0 Å². The van der Waals surface area contributed by atoms with Crippen LogP contribution in [0.15, 0.2) is 18.2 Å². The topological polar surface area (TPSA) is 9.23 Å². The highest BCUT2D eigenvalue weighted by atomic mass is 19.4. The lowest BCUT2D eigenvalue weighted by molar-refractivity contribution is -0.140. The molecule has 1 aromatic rings. The SMILES string of the molecule is CCCC1CCC(c2ccc(C(F)(F)F)c(F)c2)O1. The lowest BCUT2D eigenvalue weighted by Gasteiger charge is -2.15. The van der Waals surface area contributed by atoms with Crippen LogP contribution >= 0.6 is 0 Å². The van der Waals surface area contributed by atoms with Gasteiger partial charge >= 0.3 is 6.18 Å². The Morgan fingerprint density at radius 2 is 2.00 bits per heavy atom. The van der Waals surface area contributed by atoms with Crippen LogP contribution in [0, 0.1) is 5.82 Å². The van der Waals surface area contributed by atoms with Gasteiger partial charge in [-0.1, -0.05) is 19.4 Å². The van der Waals surface area contributed by atoms with Crippen LogP contribution in [-0.4, -0.2) is 6.10 Å². The lowest BCUT2D eigenvalue weighted by Crippen LogP contribution is -2.10. The van der Waals surface area contributed by atoms with Gasteiger partial charge < -0.3 is 4.74 Å². The van der Waals surface area contributed by atoms with Crippen molar-refractivity contribution in [1.29, 1.82) is 0 Å². The summed E-state index contributed by atoms with van der Waals surface area (Å²) in [5.74, 6) is -1.23. The van der Waals surface area contributed by atoms with Gasteiger partial charge in [0.1, 0.15) is 5.82 Å². The molecule has 1 fully saturated rings. The number of ether oxygens (including phenoxy) is 1. The van der Waals surface area contributed by atoms with Crippen LogP contribution in [0.4, 0.5) is 17.6 Å². The highest BCUT2D eigenvalue weighted by Crippen LogP contribution is 2.37. The first-order chi connectivity index (χ1) is 8.91. The van der Waals surface area contributed by atoms with Gasteiger partial charge in [0.2, 0.25) is 0 Å². The van der Waals surface area contributed by atoms with Gasteiger partial charge in [-0.25, -0.2) is 4.39 Å². The van der Waals surface area contributed by atoms with Gasteiger partial charge in [-0.2, -0.15) is 13.2 Å². The first-order valence-corrected chi connectivity index (χ1v) is 6.44. The summed E-state index contributed by atoms with van der Waals surface area (Å²) in [5.41, 5.74) is -0.733. The maximum absolute atomic E-state index is 13.5. The van der Waals surface area contributed by atoms with E-state index < -0.39 is 17.6 Å². The molecule has 106 valence electrons. The molecule has 0 saturated carbocycles. The van der Waals surface area contributed by atoms with Gasteiger partial charge in [-0.15, -0.1) is 0 Å². The summed E-state index contributed by atoms with van der Waals surface area (Å²) in [4.78, 5) is 0. The van der Waals surface area contributed by atoms with Crippen molar-refractivity contribution in [3.63, 3.8) is 0 Å². The Bertz CT molecular complexity index is 442. The minimum absolute atomic E-state index is 0.139. The molecule has 1 nitrogen and oxygen atoms in total. The number of hydrogen-bond donors (Lipinski definition) is 0. The molecule has 1 heterocycles. The fourth-order valence-corrected chi connectivity index (χ4v) is 2.45. The van der Waals surface area contributed by atoms with Crippen LogP contribution in [0.3, 0.4) is 0 Å². The number of halogens is 4. The van der Waals surface area contributed by atoms with Gasteiger partial charge in [-0.05, 0) is 37.0 Å². The summed E-state index contributed by atoms with van der Waals surface area (Å²) in [6.45, 7) is 2.05. The van der Waals surface area contributed by atoms with Gasteiger partial charge in [0.15, 0.2) is 0 Å². The molecular weight excluding hydrogens is 260 g/mol. The molecule has 5 heteroatoms. The number of benzene rings is 1. The van der Waals surface area contributed by atoms with Crippen molar-refractivity contribution >= 4 is 0 Å². The molecule has 1 aromatic carbocycles. The van der Waals surface area contributed by atoms with Crippen molar-refractivity contribution in [3.05, 3.63) is 35.1 Å². The summed E-state index contributed by atoms with van der Waals surface area (Å²) >= 11 is 0. The molecule has 0 radical (unpaired) electrons. The molecular formula is C14H16F4O. The van der Waals surface area contributed by atoms with Crippen LogP contribution in [0.1, 0.15) is 49.8 Å². The molecule has 19 heavy (non-hydrogen) atoms. The average Bonchev–Trinajstić information content (AvgIpc) is 2.76. The minimum atomic E-state index is -4.65. The quantitative estimate of drug-likeness (QED) is 0.716. The molecule has 0 N–H and O–H groups in total. The highest BCUT2D eigenvalue weighted by molar-refractivity contribution is 5.28. The molecule has 1 saturated heterocycles. The fraction of sp³-hybridized carbons (Fsp3) is 0.571. The number of alkyl halides is 3. The molecule has 1 aliphatic rings. The normalized spacial score (nSPS) is 23.8. The van der Waals surface area contributed by atoms with Crippen molar-refractivity contribution < 1.29 is 22.3 Å². The third-order valence-corrected chi connectivity index (χ3v) is 3.39. The van der Waals surface area contributed by atoms with Crippen molar-refractivity contribution in [3.8, 4) is 0 Å². The Morgan fingerprint density at radius 1 is 1.26 bits per heavy atom. The molecule has 2 atom stereocenters. The highest BCUT2D eigenvalue weighted by Gasteiger charge is 2.35. The largest absolute Gasteiger partial charge is 0.419 e. The third-order valence-electron chi connectivity index (χ3n) is 3.39. The van der Waals surface area contributed by atoms with Gasteiger partial charge in [0.05, 0.1) is 17.8 Å². The Morgan fingerprint density at radius 3 is 2.58 bits per heavy atom. The van der Waals surface area contributed by atoms with Gasteiger partial charge in [0, 0.05) is 0 Å². The Kier molecular flexibility index (Phi) is 4.13. The van der Waals surface area contributed by atoms with E-state index >= 15 is 0 Å². The van der Waals surface area contributed by atoms with Crippen LogP contribution in [0.5, 0.6) is 0 Å². The monoisotopic (exact) mass is 276 g/mol. The van der Waals surface area contributed by atoms with E-state index in [9.17, 15) is 17.6 Å². The van der Waals surface area contributed by atoms with Crippen LogP contribution < -0.4 is 0 Å². The summed E-state index contributed by atoms with van der Waals surface area (Å²) in [6, 6.07) is 3.05. The summed E-state index contributed by atoms with van der Waals surface area (Å²) < 4.78 is 56.5. The smallest absolute Gasteiger partial charge is 0.370 e. The van der Waals surface area contributed by atoms with Crippen LogP contribution in [0.2, 0.25) is 0 Å². The average molecular weight is 276 g/mol. The third kappa shape index (κ3) is 3.26. The van der Waals surface area contributed by atoms with Crippen molar-refractivity contribution in [2.24, 2.45) is 0 Å². The summed E-state index contributed by atoms with van der Waals surface area (Å²) in [5, 5.41) is 0. The molecule has 0 spiro atoms. The van der Waals surface area contributed by atoms with Crippen LogP contribution in [-0.2, 0) is 10.9 Å².